The fourth-order valence-electron chi connectivity index (χ4n) is 3.53. The molecule has 1 aromatic heterocycles. The maximum atomic E-state index is 13.9. The highest BCUT2D eigenvalue weighted by Gasteiger charge is 2.19. The van der Waals surface area contributed by atoms with Crippen molar-refractivity contribution in [1.82, 2.24) is 4.57 Å². The van der Waals surface area contributed by atoms with E-state index in [0.717, 1.165) is 29.7 Å². The normalized spacial score (nSPS) is 13.0. The topological polar surface area (TPSA) is 26.5 Å². The van der Waals surface area contributed by atoms with E-state index in [1.165, 1.54) is 28.8 Å². The number of hydrogen-bond acceptors (Lipinski definition) is 2. The van der Waals surface area contributed by atoms with Crippen molar-refractivity contribution in [3.8, 4) is 11.4 Å². The molecule has 26 heavy (non-hydrogen) atoms. The Hall–Kier alpha value is -2.62. The molecule has 0 unspecified atom stereocenters. The number of halogens is 1. The Labute approximate surface area is 153 Å². The third-order valence-corrected chi connectivity index (χ3v) is 4.80. The zero-order valence-corrected chi connectivity index (χ0v) is 15.4. The third kappa shape index (κ3) is 2.79. The van der Waals surface area contributed by atoms with E-state index in [1.807, 2.05) is 19.2 Å². The lowest BCUT2D eigenvalue weighted by molar-refractivity contribution is 0.315. The molecule has 0 N–H and O–H groups in total. The molecule has 0 atom stereocenters. The minimum atomic E-state index is -0.282. The second kappa shape index (κ2) is 6.60. The summed E-state index contributed by atoms with van der Waals surface area (Å²) >= 11 is 0. The largest absolute Gasteiger partial charge is 0.491 e. The van der Waals surface area contributed by atoms with Crippen LogP contribution in [-0.2, 0) is 6.54 Å². The second-order valence-electron chi connectivity index (χ2n) is 7.10. The number of aromatic nitrogens is 1. The quantitative estimate of drug-likeness (QED) is 0.587. The van der Waals surface area contributed by atoms with Crippen molar-refractivity contribution in [3.63, 3.8) is 0 Å². The highest BCUT2D eigenvalue weighted by molar-refractivity contribution is 5.94. The average molecular weight is 350 g/mol. The Morgan fingerprint density at radius 3 is 2.81 bits per heavy atom. The number of ether oxygens (including phenoxy) is 1. The maximum absolute atomic E-state index is 13.9. The molecule has 4 rings (SSSR count). The van der Waals surface area contributed by atoms with E-state index >= 15 is 0 Å². The Bertz CT molecular complexity index is 1000. The average Bonchev–Trinajstić information content (AvgIpc) is 3.21. The van der Waals surface area contributed by atoms with Crippen LogP contribution in [0.15, 0.2) is 41.4 Å². The van der Waals surface area contributed by atoms with Crippen LogP contribution in [0.4, 0.5) is 4.39 Å². The van der Waals surface area contributed by atoms with Crippen molar-refractivity contribution in [3.05, 3.63) is 59.0 Å². The fourth-order valence-corrected chi connectivity index (χ4v) is 3.53. The first-order valence-electron chi connectivity index (χ1n) is 9.19. The van der Waals surface area contributed by atoms with Crippen molar-refractivity contribution >= 4 is 17.1 Å². The number of hydrogen-bond donors (Lipinski definition) is 0. The monoisotopic (exact) mass is 350 g/mol. The number of aliphatic imine (C=N–C) groups is 1. The molecule has 0 spiro atoms. The van der Waals surface area contributed by atoms with E-state index in [4.69, 9.17) is 4.74 Å². The molecule has 0 aliphatic carbocycles. The Balaban J connectivity index is 1.98. The highest BCUT2D eigenvalue weighted by atomic mass is 19.1. The van der Waals surface area contributed by atoms with E-state index in [1.54, 1.807) is 0 Å². The predicted molar refractivity (Wildman–Crippen MR) is 104 cm³/mol. The van der Waals surface area contributed by atoms with Gasteiger partial charge in [-0.05, 0) is 53.8 Å². The van der Waals surface area contributed by atoms with Crippen molar-refractivity contribution in [2.24, 2.45) is 4.99 Å². The summed E-state index contributed by atoms with van der Waals surface area (Å²) in [4.78, 5) is 4.38. The first-order valence-corrected chi connectivity index (χ1v) is 9.19. The summed E-state index contributed by atoms with van der Waals surface area (Å²) in [6, 6.07) is 11.4. The Morgan fingerprint density at radius 2 is 2.04 bits per heavy atom. The summed E-state index contributed by atoms with van der Waals surface area (Å²) in [5, 5.41) is 1.18. The molecule has 0 radical (unpaired) electrons. The molecular weight excluding hydrogens is 327 g/mol. The van der Waals surface area contributed by atoms with Crippen molar-refractivity contribution in [2.45, 2.75) is 39.7 Å². The summed E-state index contributed by atoms with van der Waals surface area (Å²) < 4.78 is 21.9. The molecule has 1 aliphatic rings. The molecule has 3 nitrogen and oxygen atoms in total. The van der Waals surface area contributed by atoms with E-state index in [9.17, 15) is 4.39 Å². The van der Waals surface area contributed by atoms with Gasteiger partial charge in [0.05, 0.1) is 24.4 Å². The van der Waals surface area contributed by atoms with Gasteiger partial charge in [0.2, 0.25) is 0 Å². The van der Waals surface area contributed by atoms with Gasteiger partial charge in [-0.15, -0.1) is 0 Å². The maximum Gasteiger partial charge on any atom is 0.146 e. The molecule has 0 bridgehead atoms. The van der Waals surface area contributed by atoms with Gasteiger partial charge in [-0.3, -0.25) is 4.99 Å². The summed E-state index contributed by atoms with van der Waals surface area (Å²) in [5.41, 5.74) is 5.59. The van der Waals surface area contributed by atoms with Crippen LogP contribution in [0.5, 0.6) is 5.75 Å². The lowest BCUT2D eigenvalue weighted by Crippen LogP contribution is -2.06. The zero-order chi connectivity index (χ0) is 18.3. The second-order valence-corrected chi connectivity index (χ2v) is 7.10. The smallest absolute Gasteiger partial charge is 0.146 e. The summed E-state index contributed by atoms with van der Waals surface area (Å²) in [7, 11) is 0. The summed E-state index contributed by atoms with van der Waals surface area (Å²) in [5.74, 6) is 0.630. The molecule has 4 heteroatoms. The Kier molecular flexibility index (Phi) is 4.27. The van der Waals surface area contributed by atoms with E-state index < -0.39 is 0 Å². The number of nitrogens with zero attached hydrogens (tertiary/aromatic N) is 2. The van der Waals surface area contributed by atoms with Crippen LogP contribution < -0.4 is 4.74 Å². The van der Waals surface area contributed by atoms with Gasteiger partial charge in [-0.2, -0.15) is 0 Å². The molecule has 1 aliphatic heterocycles. The van der Waals surface area contributed by atoms with Gasteiger partial charge in [-0.1, -0.05) is 20.8 Å². The van der Waals surface area contributed by atoms with Crippen LogP contribution in [0.25, 0.3) is 16.6 Å². The molecule has 0 saturated heterocycles. The van der Waals surface area contributed by atoms with Crippen molar-refractivity contribution < 1.29 is 9.13 Å². The minimum absolute atomic E-state index is 0.282. The minimum Gasteiger partial charge on any atom is -0.491 e. The van der Waals surface area contributed by atoms with Gasteiger partial charge in [0.15, 0.2) is 0 Å². The van der Waals surface area contributed by atoms with Crippen molar-refractivity contribution in [1.29, 1.82) is 0 Å². The van der Waals surface area contributed by atoms with Gasteiger partial charge in [0, 0.05) is 23.4 Å². The van der Waals surface area contributed by atoms with Crippen LogP contribution in [0.2, 0.25) is 0 Å². The molecule has 3 aromatic rings. The zero-order valence-electron chi connectivity index (χ0n) is 15.4. The molecule has 2 aromatic carbocycles. The van der Waals surface area contributed by atoms with Crippen molar-refractivity contribution in [2.75, 3.05) is 6.61 Å². The number of fused-ring (bicyclic) bond motifs is 2. The van der Waals surface area contributed by atoms with E-state index in [-0.39, 0.29) is 5.82 Å². The van der Waals surface area contributed by atoms with Gasteiger partial charge in [0.25, 0.3) is 0 Å². The molecule has 0 amide bonds. The number of rotatable bonds is 5. The predicted octanol–water partition coefficient (Wildman–Crippen LogP) is 5.61. The SMILES string of the molecule is CCCOc1cc(F)ccc1-n1c(C(C)C)cc2cc3c(cc21)C=NC3. The first kappa shape index (κ1) is 16.8. The van der Waals surface area contributed by atoms with E-state index in [0.29, 0.717) is 18.3 Å². The third-order valence-electron chi connectivity index (χ3n) is 4.80. The van der Waals surface area contributed by atoms with Gasteiger partial charge >= 0.3 is 0 Å². The lowest BCUT2D eigenvalue weighted by Gasteiger charge is -2.18. The van der Waals surface area contributed by atoms with Crippen LogP contribution >= 0.6 is 0 Å². The van der Waals surface area contributed by atoms with Crippen LogP contribution in [0, 0.1) is 5.82 Å². The van der Waals surface area contributed by atoms with Crippen LogP contribution in [0.1, 0.15) is 49.9 Å². The van der Waals surface area contributed by atoms with Crippen LogP contribution in [-0.4, -0.2) is 17.4 Å². The Morgan fingerprint density at radius 1 is 1.19 bits per heavy atom. The summed E-state index contributed by atoms with van der Waals surface area (Å²) in [6.45, 7) is 7.71. The molecule has 2 heterocycles. The molecular formula is C22H23FN2O. The number of benzene rings is 2. The summed E-state index contributed by atoms with van der Waals surface area (Å²) in [6.07, 6.45) is 2.81. The van der Waals surface area contributed by atoms with Gasteiger partial charge in [0.1, 0.15) is 11.6 Å². The standard InChI is InChI=1S/C22H23FN2O/c1-4-7-26-22-11-18(23)5-6-19(22)25-20(14(2)3)9-15-8-16-12-24-13-17(16)10-21(15)25/h5-6,8-11,13-14H,4,7,12H2,1-3H3. The van der Waals surface area contributed by atoms with Gasteiger partial charge in [-0.25, -0.2) is 4.39 Å². The molecule has 134 valence electrons. The van der Waals surface area contributed by atoms with E-state index in [2.05, 4.69) is 41.6 Å². The van der Waals surface area contributed by atoms with Crippen LogP contribution in [0.3, 0.4) is 0 Å². The van der Waals surface area contributed by atoms with Gasteiger partial charge < -0.3 is 9.30 Å². The molecule has 0 fully saturated rings. The fraction of sp³-hybridized carbons (Fsp3) is 0.318. The first-order chi connectivity index (χ1) is 12.6. The lowest BCUT2D eigenvalue weighted by atomic mass is 10.1. The highest BCUT2D eigenvalue weighted by Crippen LogP contribution is 2.35. The molecule has 0 saturated carbocycles.